The van der Waals surface area contributed by atoms with Gasteiger partial charge in [0.2, 0.25) is 0 Å². The highest BCUT2D eigenvalue weighted by Gasteiger charge is 2.37. The zero-order chi connectivity index (χ0) is 8.70. The maximum Gasteiger partial charge on any atom is 0.124 e. The third-order valence-corrected chi connectivity index (χ3v) is 2.24. The molecule has 0 aromatic rings. The third kappa shape index (κ3) is 1.90. The van der Waals surface area contributed by atoms with Gasteiger partial charge in [-0.25, -0.2) is 0 Å². The third-order valence-electron chi connectivity index (χ3n) is 2.24. The Morgan fingerprint density at radius 3 is 2.45 bits per heavy atom. The molecule has 4 heteroatoms. The molecular weight excluding hydrogens is 140 g/mol. The summed E-state index contributed by atoms with van der Waals surface area (Å²) in [5, 5.41) is 2.09. The summed E-state index contributed by atoms with van der Waals surface area (Å²) < 4.78 is 0. The fraction of sp³-hybridized carbons (Fsp3) is 1.00. The van der Waals surface area contributed by atoms with Gasteiger partial charge < -0.3 is 0 Å². The van der Waals surface area contributed by atoms with Gasteiger partial charge in [0, 0.05) is 12.5 Å². The summed E-state index contributed by atoms with van der Waals surface area (Å²) >= 11 is 0. The van der Waals surface area contributed by atoms with E-state index in [0.717, 1.165) is 13.1 Å². The smallest absolute Gasteiger partial charge is 0.124 e. The summed E-state index contributed by atoms with van der Waals surface area (Å²) in [4.78, 5) is 0.295. The number of hydrogen-bond donors (Lipinski definition) is 2. The first-order chi connectivity index (χ1) is 4.83. The lowest BCUT2D eigenvalue weighted by Crippen LogP contribution is -2.74. The maximum atomic E-state index is 5.89. The van der Waals surface area contributed by atoms with E-state index >= 15 is 0 Å². The van der Waals surface area contributed by atoms with E-state index in [9.17, 15) is 0 Å². The van der Waals surface area contributed by atoms with E-state index in [1.165, 1.54) is 0 Å². The largest absolute Gasteiger partial charge is 0.141 e. The van der Waals surface area contributed by atoms with Gasteiger partial charge in [0.05, 0.1) is 13.1 Å². The van der Waals surface area contributed by atoms with Crippen LogP contribution in [0.3, 0.4) is 0 Å². The van der Waals surface area contributed by atoms with Crippen molar-refractivity contribution in [2.24, 2.45) is 11.3 Å². The first-order valence-corrected chi connectivity index (χ1v) is 3.95. The summed E-state index contributed by atoms with van der Waals surface area (Å²) in [5.74, 6) is 5.89. The highest BCUT2D eigenvalue weighted by molar-refractivity contribution is 4.73. The predicted molar refractivity (Wildman–Crippen MR) is 44.8 cm³/mol. The normalized spacial score (nSPS) is 39.0. The lowest BCUT2D eigenvalue weighted by atomic mass is 9.93. The second-order valence-electron chi connectivity index (χ2n) is 4.34. The quantitative estimate of drug-likeness (QED) is 0.376. The first kappa shape index (κ1) is 8.93. The fourth-order valence-corrected chi connectivity index (χ4v) is 1.32. The van der Waals surface area contributed by atoms with Crippen molar-refractivity contribution < 1.29 is 4.81 Å². The molecule has 0 saturated carbocycles. The van der Waals surface area contributed by atoms with Gasteiger partial charge in [-0.2, -0.15) is 0 Å². The fourth-order valence-electron chi connectivity index (χ4n) is 1.32. The van der Waals surface area contributed by atoms with Gasteiger partial charge in [0.1, 0.15) is 7.05 Å². The van der Waals surface area contributed by atoms with Gasteiger partial charge in [-0.1, -0.05) is 13.8 Å². The lowest BCUT2D eigenvalue weighted by Gasteiger charge is -2.45. The van der Waals surface area contributed by atoms with Crippen LogP contribution in [0.2, 0.25) is 0 Å². The van der Waals surface area contributed by atoms with Crippen LogP contribution in [0.4, 0.5) is 0 Å². The molecule has 0 aliphatic carbocycles. The predicted octanol–water partition coefficient (Wildman–Crippen LogP) is -0.302. The first-order valence-electron chi connectivity index (χ1n) is 3.95. The van der Waals surface area contributed by atoms with Crippen LogP contribution in [0.5, 0.6) is 0 Å². The summed E-state index contributed by atoms with van der Waals surface area (Å²) in [6, 6.07) is 0. The van der Waals surface area contributed by atoms with Crippen LogP contribution in [0.1, 0.15) is 13.8 Å². The van der Waals surface area contributed by atoms with Crippen LogP contribution in [-0.4, -0.2) is 37.0 Å². The van der Waals surface area contributed by atoms with Crippen LogP contribution in [-0.2, 0) is 0 Å². The summed E-state index contributed by atoms with van der Waals surface area (Å²) in [6.07, 6.45) is 0. The van der Waals surface area contributed by atoms with Gasteiger partial charge in [-0.15, -0.1) is 21.1 Å². The van der Waals surface area contributed by atoms with Crippen molar-refractivity contribution in [1.29, 1.82) is 0 Å². The Balaban J connectivity index is 2.63. The van der Waals surface area contributed by atoms with Crippen molar-refractivity contribution in [2.75, 3.05) is 27.2 Å². The van der Waals surface area contributed by atoms with Crippen molar-refractivity contribution >= 4 is 0 Å². The summed E-state index contributed by atoms with van der Waals surface area (Å²) in [6.45, 7) is 6.45. The minimum atomic E-state index is 0.295. The van der Waals surface area contributed by atoms with Crippen molar-refractivity contribution in [1.82, 2.24) is 10.4 Å². The highest BCUT2D eigenvalue weighted by atomic mass is 16.0. The zero-order valence-corrected chi connectivity index (χ0v) is 7.89. The number of quaternary nitrogens is 1. The minimum Gasteiger partial charge on any atom is -0.141 e. The van der Waals surface area contributed by atoms with Crippen LogP contribution >= 0.6 is 0 Å². The average molecular weight is 159 g/mol. The minimum absolute atomic E-state index is 0.295. The molecule has 1 aliphatic heterocycles. The molecule has 1 atom stereocenters. The molecule has 66 valence electrons. The molecule has 0 amide bonds. The molecule has 0 bridgehead atoms. The number of hydrogen-bond acceptors (Lipinski definition) is 3. The number of rotatable bonds is 0. The van der Waals surface area contributed by atoms with E-state index in [-0.39, 0.29) is 0 Å². The van der Waals surface area contributed by atoms with Crippen molar-refractivity contribution in [3.8, 4) is 0 Å². The van der Waals surface area contributed by atoms with Gasteiger partial charge in [-0.3, -0.25) is 0 Å². The maximum absolute atomic E-state index is 5.89. The molecule has 0 spiro atoms. The lowest BCUT2D eigenvalue weighted by molar-refractivity contribution is -1.07. The molecule has 1 heterocycles. The topological polar surface area (TPSA) is 41.3 Å². The van der Waals surface area contributed by atoms with Crippen LogP contribution < -0.4 is 11.3 Å². The number of nitrogens with one attached hydrogen (secondary N) is 1. The monoisotopic (exact) mass is 159 g/mol. The van der Waals surface area contributed by atoms with Gasteiger partial charge >= 0.3 is 0 Å². The molecule has 0 aromatic carbocycles. The molecule has 1 fully saturated rings. The molecule has 1 aliphatic rings. The van der Waals surface area contributed by atoms with Crippen LogP contribution in [0.25, 0.3) is 0 Å². The Bertz CT molecular complexity index is 153. The zero-order valence-electron chi connectivity index (χ0n) is 7.89. The van der Waals surface area contributed by atoms with Gasteiger partial charge in [-0.05, 0) is 0 Å². The Morgan fingerprint density at radius 2 is 2.09 bits per heavy atom. The van der Waals surface area contributed by atoms with Crippen molar-refractivity contribution in [3.63, 3.8) is 0 Å². The Labute approximate surface area is 68.5 Å². The SMILES string of the molecule is CN1CC(C)(C)CN[N+]1(C)N. The molecule has 1 unspecified atom stereocenters. The van der Waals surface area contributed by atoms with Gasteiger partial charge in [0.15, 0.2) is 0 Å². The second-order valence-corrected chi connectivity index (χ2v) is 4.34. The van der Waals surface area contributed by atoms with Gasteiger partial charge in [0.25, 0.3) is 0 Å². The van der Waals surface area contributed by atoms with E-state index in [1.54, 1.807) is 0 Å². The Kier molecular flexibility index (Phi) is 1.96. The standard InChI is InChI=1S/C7H19N4/c1-7(2)5-9-11(4,8)10(3)6-7/h9H,5-6,8H2,1-4H3/q+1. The average Bonchev–Trinajstić information content (AvgIpc) is 1.81. The molecule has 4 nitrogen and oxygen atoms in total. The molecule has 1 rings (SSSR count). The number of nitrogens with zero attached hydrogens (tertiary/aromatic N) is 2. The van der Waals surface area contributed by atoms with Crippen LogP contribution in [0.15, 0.2) is 0 Å². The summed E-state index contributed by atoms with van der Waals surface area (Å²) in [5.41, 5.74) is 3.56. The molecule has 11 heavy (non-hydrogen) atoms. The molecule has 1 saturated heterocycles. The molecule has 0 aromatic heterocycles. The number of nitrogens with two attached hydrogens (primary N) is 1. The Morgan fingerprint density at radius 1 is 1.55 bits per heavy atom. The Hall–Kier alpha value is -0.160. The second kappa shape index (κ2) is 2.42. The molecular formula is C7H19N4+. The molecule has 3 N–H and O–H groups in total. The van der Waals surface area contributed by atoms with Crippen molar-refractivity contribution in [2.45, 2.75) is 13.8 Å². The molecule has 0 radical (unpaired) electrons. The van der Waals surface area contributed by atoms with E-state index in [1.807, 2.05) is 14.1 Å². The van der Waals surface area contributed by atoms with Crippen molar-refractivity contribution in [3.05, 3.63) is 0 Å². The van der Waals surface area contributed by atoms with Crippen LogP contribution in [0, 0.1) is 5.41 Å². The van der Waals surface area contributed by atoms with E-state index < -0.39 is 0 Å². The summed E-state index contributed by atoms with van der Waals surface area (Å²) in [7, 11) is 3.96. The van der Waals surface area contributed by atoms with E-state index in [4.69, 9.17) is 5.84 Å². The van der Waals surface area contributed by atoms with E-state index in [2.05, 4.69) is 24.3 Å². The highest BCUT2D eigenvalue weighted by Crippen LogP contribution is 2.20. The van der Waals surface area contributed by atoms with E-state index in [0.29, 0.717) is 10.2 Å².